The van der Waals surface area contributed by atoms with Gasteiger partial charge in [0.15, 0.2) is 0 Å². The van der Waals surface area contributed by atoms with Gasteiger partial charge in [-0.2, -0.15) is 0 Å². The minimum absolute atomic E-state index is 0.263. The Morgan fingerprint density at radius 2 is 2.05 bits per heavy atom. The van der Waals surface area contributed by atoms with E-state index < -0.39 is 17.9 Å². The predicted octanol–water partition coefficient (Wildman–Crippen LogP) is 1.58. The van der Waals surface area contributed by atoms with Crippen LogP contribution in [0.5, 0.6) is 0 Å². The van der Waals surface area contributed by atoms with Gasteiger partial charge in [0.1, 0.15) is 0 Å². The summed E-state index contributed by atoms with van der Waals surface area (Å²) < 4.78 is 0.720. The molecule has 0 aliphatic carbocycles. The number of benzene rings is 1. The molecule has 0 radical (unpaired) electrons. The molecule has 0 saturated carbocycles. The molecule has 0 aliphatic heterocycles. The van der Waals surface area contributed by atoms with Gasteiger partial charge in [-0.05, 0) is 53.9 Å². The van der Waals surface area contributed by atoms with Crippen molar-refractivity contribution in [3.8, 4) is 0 Å². The molecule has 0 saturated heterocycles. The number of rotatable bonds is 4. The van der Waals surface area contributed by atoms with Crippen molar-refractivity contribution in [3.63, 3.8) is 0 Å². The smallest absolute Gasteiger partial charge is 0.313 e. The van der Waals surface area contributed by atoms with Gasteiger partial charge in [-0.1, -0.05) is 6.07 Å². The molecule has 1 aromatic rings. The summed E-state index contributed by atoms with van der Waals surface area (Å²) in [6.45, 7) is 3.81. The Balaban J connectivity index is 2.52. The Kier molecular flexibility index (Phi) is 5.98. The van der Waals surface area contributed by atoms with Gasteiger partial charge in [-0.15, -0.1) is 0 Å². The number of aliphatic hydroxyl groups is 1. The molecule has 1 aromatic carbocycles. The fourth-order valence-corrected chi connectivity index (χ4v) is 1.97. The molecule has 0 spiro atoms. The molecule has 19 heavy (non-hydrogen) atoms. The second-order valence-electron chi connectivity index (χ2n) is 4.33. The van der Waals surface area contributed by atoms with E-state index in [9.17, 15) is 9.59 Å². The maximum Gasteiger partial charge on any atom is 0.313 e. The van der Waals surface area contributed by atoms with Gasteiger partial charge in [0, 0.05) is 11.0 Å². The molecule has 1 atom stereocenters. The van der Waals surface area contributed by atoms with E-state index in [0.29, 0.717) is 12.1 Å². The molecule has 1 unspecified atom stereocenters. The zero-order chi connectivity index (χ0) is 14.4. The number of hydrogen-bond acceptors (Lipinski definition) is 3. The van der Waals surface area contributed by atoms with Crippen LogP contribution in [0.2, 0.25) is 0 Å². The summed E-state index contributed by atoms with van der Waals surface area (Å²) >= 11 is 3.32. The number of aliphatic hydroxyl groups excluding tert-OH is 1. The molecule has 0 bridgehead atoms. The van der Waals surface area contributed by atoms with E-state index in [1.165, 1.54) is 0 Å². The van der Waals surface area contributed by atoms with Crippen LogP contribution >= 0.6 is 15.9 Å². The number of anilines is 1. The molecule has 6 heteroatoms. The van der Waals surface area contributed by atoms with E-state index in [1.807, 2.05) is 19.1 Å². The molecule has 2 amide bonds. The molecule has 0 aromatic heterocycles. The highest BCUT2D eigenvalue weighted by Crippen LogP contribution is 2.23. The Morgan fingerprint density at radius 1 is 1.37 bits per heavy atom. The Morgan fingerprint density at radius 3 is 2.63 bits per heavy atom. The second-order valence-corrected chi connectivity index (χ2v) is 5.19. The summed E-state index contributed by atoms with van der Waals surface area (Å²) in [5, 5.41) is 14.0. The number of amides is 2. The molecular weight excluding hydrogens is 312 g/mol. The number of aryl methyl sites for hydroxylation is 1. The maximum absolute atomic E-state index is 11.6. The van der Waals surface area contributed by atoms with Crippen molar-refractivity contribution in [1.82, 2.24) is 5.32 Å². The standard InChI is InChI=1S/C13H17BrN2O3/c1-8-3-4-11(10(14)7-8)16-13(19)12(18)15-6-5-9(2)17/h3-4,7,9,17H,5-6H2,1-2H3,(H,15,18)(H,16,19). The molecular formula is C13H17BrN2O3. The van der Waals surface area contributed by atoms with Gasteiger partial charge in [0.25, 0.3) is 0 Å². The van der Waals surface area contributed by atoms with Crippen LogP contribution in [0.4, 0.5) is 5.69 Å². The monoisotopic (exact) mass is 328 g/mol. The van der Waals surface area contributed by atoms with E-state index in [2.05, 4.69) is 26.6 Å². The Labute approximate surface area is 120 Å². The first-order chi connectivity index (χ1) is 8.90. The summed E-state index contributed by atoms with van der Waals surface area (Å²) in [5.41, 5.74) is 1.59. The lowest BCUT2D eigenvalue weighted by molar-refractivity contribution is -0.136. The van der Waals surface area contributed by atoms with E-state index in [4.69, 9.17) is 5.11 Å². The van der Waals surface area contributed by atoms with E-state index in [-0.39, 0.29) is 6.54 Å². The van der Waals surface area contributed by atoms with E-state index in [1.54, 1.807) is 13.0 Å². The largest absolute Gasteiger partial charge is 0.393 e. The molecule has 104 valence electrons. The maximum atomic E-state index is 11.6. The number of carbonyl (C=O) groups excluding carboxylic acids is 2. The Bertz CT molecular complexity index is 475. The summed E-state index contributed by atoms with van der Waals surface area (Å²) in [6, 6.07) is 5.41. The molecule has 1 rings (SSSR count). The topological polar surface area (TPSA) is 78.4 Å². The molecule has 5 nitrogen and oxygen atoms in total. The van der Waals surface area contributed by atoms with Crippen LogP contribution in [0.3, 0.4) is 0 Å². The number of nitrogens with one attached hydrogen (secondary N) is 2. The van der Waals surface area contributed by atoms with Gasteiger partial charge >= 0.3 is 11.8 Å². The fourth-order valence-electron chi connectivity index (χ4n) is 1.38. The molecule has 0 heterocycles. The third-order valence-corrected chi connectivity index (χ3v) is 3.08. The van der Waals surface area contributed by atoms with Crippen LogP contribution in [0, 0.1) is 6.92 Å². The molecule has 3 N–H and O–H groups in total. The number of carbonyl (C=O) groups is 2. The third-order valence-electron chi connectivity index (χ3n) is 2.43. The quantitative estimate of drug-likeness (QED) is 0.734. The van der Waals surface area contributed by atoms with E-state index >= 15 is 0 Å². The highest BCUT2D eigenvalue weighted by Gasteiger charge is 2.14. The number of hydrogen-bond donors (Lipinski definition) is 3. The minimum Gasteiger partial charge on any atom is -0.393 e. The second kappa shape index (κ2) is 7.25. The van der Waals surface area contributed by atoms with Gasteiger partial charge in [0.2, 0.25) is 0 Å². The van der Waals surface area contributed by atoms with Crippen molar-refractivity contribution in [3.05, 3.63) is 28.2 Å². The summed E-state index contributed by atoms with van der Waals surface area (Å²) in [4.78, 5) is 23.1. The van der Waals surface area contributed by atoms with Crippen LogP contribution in [-0.2, 0) is 9.59 Å². The van der Waals surface area contributed by atoms with Crippen molar-refractivity contribution < 1.29 is 14.7 Å². The average molecular weight is 329 g/mol. The zero-order valence-corrected chi connectivity index (χ0v) is 12.5. The first-order valence-corrected chi connectivity index (χ1v) is 6.73. The summed E-state index contributed by atoms with van der Waals surface area (Å²) in [6.07, 6.45) is -0.0950. The molecule has 0 fully saturated rings. The van der Waals surface area contributed by atoms with Crippen molar-refractivity contribution in [1.29, 1.82) is 0 Å². The highest BCUT2D eigenvalue weighted by molar-refractivity contribution is 9.10. The minimum atomic E-state index is -0.727. The van der Waals surface area contributed by atoms with Crippen molar-refractivity contribution in [2.75, 3.05) is 11.9 Å². The third kappa shape index (κ3) is 5.40. The highest BCUT2D eigenvalue weighted by atomic mass is 79.9. The molecule has 0 aliphatic rings. The van der Waals surface area contributed by atoms with Gasteiger partial charge in [0.05, 0.1) is 11.8 Å². The van der Waals surface area contributed by atoms with Gasteiger partial charge in [-0.3, -0.25) is 9.59 Å². The van der Waals surface area contributed by atoms with Gasteiger partial charge in [-0.25, -0.2) is 0 Å². The zero-order valence-electron chi connectivity index (χ0n) is 10.9. The van der Waals surface area contributed by atoms with Crippen LogP contribution in [-0.4, -0.2) is 29.6 Å². The van der Waals surface area contributed by atoms with Crippen LogP contribution in [0.1, 0.15) is 18.9 Å². The van der Waals surface area contributed by atoms with Crippen LogP contribution < -0.4 is 10.6 Å². The first-order valence-electron chi connectivity index (χ1n) is 5.93. The lowest BCUT2D eigenvalue weighted by Gasteiger charge is -2.09. The fraction of sp³-hybridized carbons (Fsp3) is 0.385. The van der Waals surface area contributed by atoms with Crippen LogP contribution in [0.25, 0.3) is 0 Å². The Hall–Kier alpha value is -1.40. The lowest BCUT2D eigenvalue weighted by Crippen LogP contribution is -2.36. The average Bonchev–Trinajstić information content (AvgIpc) is 2.32. The normalized spacial score (nSPS) is 11.8. The van der Waals surface area contributed by atoms with E-state index in [0.717, 1.165) is 10.0 Å². The van der Waals surface area contributed by atoms with Crippen molar-refractivity contribution >= 4 is 33.4 Å². The van der Waals surface area contributed by atoms with Crippen molar-refractivity contribution in [2.45, 2.75) is 26.4 Å². The predicted molar refractivity (Wildman–Crippen MR) is 76.8 cm³/mol. The number of halogens is 1. The summed E-state index contributed by atoms with van der Waals surface area (Å²) in [5.74, 6) is -1.44. The first kappa shape index (κ1) is 15.7. The van der Waals surface area contributed by atoms with Crippen LogP contribution in [0.15, 0.2) is 22.7 Å². The van der Waals surface area contributed by atoms with Crippen molar-refractivity contribution in [2.24, 2.45) is 0 Å². The SMILES string of the molecule is Cc1ccc(NC(=O)C(=O)NCCC(C)O)c(Br)c1. The summed E-state index contributed by atoms with van der Waals surface area (Å²) in [7, 11) is 0. The lowest BCUT2D eigenvalue weighted by atomic mass is 10.2. The van der Waals surface area contributed by atoms with Gasteiger partial charge < -0.3 is 15.7 Å².